The highest BCUT2D eigenvalue weighted by Gasteiger charge is 2.50. The Bertz CT molecular complexity index is 814. The zero-order valence-electron chi connectivity index (χ0n) is 16.3. The zero-order valence-corrected chi connectivity index (χ0v) is 16.3. The highest BCUT2D eigenvalue weighted by Crippen LogP contribution is 2.48. The van der Waals surface area contributed by atoms with Gasteiger partial charge in [-0.3, -0.25) is 4.79 Å². The Labute approximate surface area is 164 Å². The first-order valence-corrected chi connectivity index (χ1v) is 9.57. The van der Waals surface area contributed by atoms with Crippen molar-refractivity contribution in [2.24, 2.45) is 12.5 Å². The van der Waals surface area contributed by atoms with Crippen LogP contribution in [0.4, 0.5) is 0 Å². The Balaban J connectivity index is 1.45. The van der Waals surface area contributed by atoms with E-state index in [9.17, 15) is 4.79 Å². The van der Waals surface area contributed by atoms with E-state index in [1.54, 1.807) is 25.6 Å². The maximum atomic E-state index is 12.9. The zero-order chi connectivity index (χ0) is 19.6. The van der Waals surface area contributed by atoms with Gasteiger partial charge in [0.25, 0.3) is 5.91 Å². The Morgan fingerprint density at radius 1 is 1.25 bits per heavy atom. The fourth-order valence-corrected chi connectivity index (χ4v) is 4.31. The van der Waals surface area contributed by atoms with Crippen molar-refractivity contribution in [1.29, 1.82) is 0 Å². The molecule has 3 heterocycles. The first-order chi connectivity index (χ1) is 13.6. The van der Waals surface area contributed by atoms with Crippen molar-refractivity contribution >= 4 is 5.91 Å². The Hall–Kier alpha value is -2.61. The molecular formula is C20H26N4O4. The number of amides is 1. The molecule has 8 nitrogen and oxygen atoms in total. The Kier molecular flexibility index (Phi) is 5.21. The van der Waals surface area contributed by atoms with Gasteiger partial charge in [0.1, 0.15) is 23.7 Å². The second kappa shape index (κ2) is 7.79. The van der Waals surface area contributed by atoms with Crippen molar-refractivity contribution in [2.75, 3.05) is 40.0 Å². The number of aromatic nitrogens is 3. The summed E-state index contributed by atoms with van der Waals surface area (Å²) in [7, 11) is 3.58. The van der Waals surface area contributed by atoms with Crippen LogP contribution >= 0.6 is 0 Å². The van der Waals surface area contributed by atoms with E-state index in [1.807, 2.05) is 28.6 Å². The van der Waals surface area contributed by atoms with Crippen LogP contribution in [0.25, 0.3) is 0 Å². The molecule has 0 saturated carbocycles. The molecule has 1 aromatic heterocycles. The standard InChI is InChI=1S/C20H26N4O4/c1-23-14-21-22-19(23)17-11-24(13-20(17)7-9-27-10-8-20)18(25)12-28-16-5-3-15(26-2)4-6-16/h3-6,14,17H,7-13H2,1-2H3. The highest BCUT2D eigenvalue weighted by atomic mass is 16.5. The first-order valence-electron chi connectivity index (χ1n) is 9.57. The summed E-state index contributed by atoms with van der Waals surface area (Å²) in [5, 5.41) is 8.39. The number of carbonyl (C=O) groups excluding carboxylic acids is 1. The third kappa shape index (κ3) is 3.56. The third-order valence-electron chi connectivity index (χ3n) is 5.97. The molecule has 2 aromatic rings. The smallest absolute Gasteiger partial charge is 0.260 e. The van der Waals surface area contributed by atoms with Gasteiger partial charge in [0.15, 0.2) is 6.61 Å². The average molecular weight is 386 g/mol. The summed E-state index contributed by atoms with van der Waals surface area (Å²) in [5.74, 6) is 2.50. The molecule has 2 fully saturated rings. The van der Waals surface area contributed by atoms with E-state index < -0.39 is 0 Å². The van der Waals surface area contributed by atoms with E-state index in [-0.39, 0.29) is 23.8 Å². The maximum Gasteiger partial charge on any atom is 0.260 e. The molecule has 1 atom stereocenters. The molecule has 2 aliphatic rings. The van der Waals surface area contributed by atoms with Crippen LogP contribution in [0.15, 0.2) is 30.6 Å². The van der Waals surface area contributed by atoms with Crippen molar-refractivity contribution in [3.63, 3.8) is 0 Å². The number of benzene rings is 1. The largest absolute Gasteiger partial charge is 0.497 e. The number of nitrogens with zero attached hydrogens (tertiary/aromatic N) is 4. The van der Waals surface area contributed by atoms with Crippen LogP contribution < -0.4 is 9.47 Å². The molecule has 8 heteroatoms. The lowest BCUT2D eigenvalue weighted by Gasteiger charge is -2.37. The van der Waals surface area contributed by atoms with E-state index in [0.717, 1.165) is 37.6 Å². The Morgan fingerprint density at radius 2 is 1.96 bits per heavy atom. The number of hydrogen-bond acceptors (Lipinski definition) is 6. The molecular weight excluding hydrogens is 360 g/mol. The summed E-state index contributed by atoms with van der Waals surface area (Å²) in [4.78, 5) is 14.8. The number of methoxy groups -OCH3 is 1. The van der Waals surface area contributed by atoms with Crippen LogP contribution in [0.3, 0.4) is 0 Å². The minimum absolute atomic E-state index is 0.00514. The van der Waals surface area contributed by atoms with Gasteiger partial charge in [-0.2, -0.15) is 0 Å². The molecule has 2 saturated heterocycles. The fourth-order valence-electron chi connectivity index (χ4n) is 4.31. The van der Waals surface area contributed by atoms with Crippen LogP contribution in [-0.4, -0.2) is 65.6 Å². The lowest BCUT2D eigenvalue weighted by atomic mass is 9.72. The molecule has 150 valence electrons. The minimum atomic E-state index is -0.00801. The molecule has 1 aromatic carbocycles. The molecule has 0 N–H and O–H groups in total. The predicted octanol–water partition coefficient (Wildman–Crippen LogP) is 1.63. The number of likely N-dealkylation sites (tertiary alicyclic amines) is 1. The van der Waals surface area contributed by atoms with Crippen LogP contribution in [-0.2, 0) is 16.6 Å². The number of hydrogen-bond donors (Lipinski definition) is 0. The summed E-state index contributed by atoms with van der Waals surface area (Å²) in [6.07, 6.45) is 3.57. The lowest BCUT2D eigenvalue weighted by Crippen LogP contribution is -2.38. The topological polar surface area (TPSA) is 78.7 Å². The normalized spacial score (nSPS) is 21.1. The van der Waals surface area contributed by atoms with E-state index in [0.29, 0.717) is 18.8 Å². The van der Waals surface area contributed by atoms with Gasteiger partial charge in [-0.05, 0) is 37.1 Å². The molecule has 28 heavy (non-hydrogen) atoms. The SMILES string of the molecule is COc1ccc(OCC(=O)N2CC(c3nncn3C)C3(CCOCC3)C2)cc1. The second-order valence-electron chi connectivity index (χ2n) is 7.57. The molecule has 1 unspecified atom stereocenters. The maximum absolute atomic E-state index is 12.9. The highest BCUT2D eigenvalue weighted by molar-refractivity contribution is 5.78. The summed E-state index contributed by atoms with van der Waals surface area (Å²) in [5.41, 5.74) is -0.00514. The summed E-state index contributed by atoms with van der Waals surface area (Å²) < 4.78 is 18.4. The molecule has 1 spiro atoms. The van der Waals surface area contributed by atoms with Crippen LogP contribution in [0.2, 0.25) is 0 Å². The fraction of sp³-hybridized carbons (Fsp3) is 0.550. The Morgan fingerprint density at radius 3 is 2.61 bits per heavy atom. The molecule has 0 bridgehead atoms. The summed E-state index contributed by atoms with van der Waals surface area (Å²) in [6, 6.07) is 7.24. The van der Waals surface area contributed by atoms with Crippen LogP contribution in [0, 0.1) is 5.41 Å². The van der Waals surface area contributed by atoms with Gasteiger partial charge in [-0.1, -0.05) is 0 Å². The van der Waals surface area contributed by atoms with E-state index in [4.69, 9.17) is 14.2 Å². The predicted molar refractivity (Wildman–Crippen MR) is 101 cm³/mol. The molecule has 0 radical (unpaired) electrons. The van der Waals surface area contributed by atoms with Gasteiger partial charge in [0.2, 0.25) is 0 Å². The van der Waals surface area contributed by atoms with Crippen molar-refractivity contribution < 1.29 is 19.0 Å². The first kappa shape index (κ1) is 18.7. The number of aryl methyl sites for hydroxylation is 1. The van der Waals surface area contributed by atoms with E-state index in [2.05, 4.69) is 10.2 Å². The van der Waals surface area contributed by atoms with Gasteiger partial charge < -0.3 is 23.7 Å². The molecule has 0 aliphatic carbocycles. The number of rotatable bonds is 5. The molecule has 1 amide bonds. The van der Waals surface area contributed by atoms with E-state index in [1.165, 1.54) is 0 Å². The molecule has 2 aliphatic heterocycles. The van der Waals surface area contributed by atoms with Gasteiger partial charge in [0, 0.05) is 44.7 Å². The van der Waals surface area contributed by atoms with Crippen molar-refractivity contribution in [3.05, 3.63) is 36.4 Å². The monoisotopic (exact) mass is 386 g/mol. The minimum Gasteiger partial charge on any atom is -0.497 e. The van der Waals surface area contributed by atoms with Crippen molar-refractivity contribution in [3.8, 4) is 11.5 Å². The second-order valence-corrected chi connectivity index (χ2v) is 7.57. The van der Waals surface area contributed by atoms with Gasteiger partial charge >= 0.3 is 0 Å². The number of ether oxygens (including phenoxy) is 3. The van der Waals surface area contributed by atoms with Crippen LogP contribution in [0.5, 0.6) is 11.5 Å². The summed E-state index contributed by atoms with van der Waals surface area (Å²) in [6.45, 7) is 2.80. The lowest BCUT2D eigenvalue weighted by molar-refractivity contribution is -0.133. The van der Waals surface area contributed by atoms with Gasteiger partial charge in [0.05, 0.1) is 7.11 Å². The van der Waals surface area contributed by atoms with Gasteiger partial charge in [-0.15, -0.1) is 10.2 Å². The van der Waals surface area contributed by atoms with Crippen LogP contribution in [0.1, 0.15) is 24.6 Å². The molecule has 4 rings (SSSR count). The quantitative estimate of drug-likeness (QED) is 0.777. The number of carbonyl (C=O) groups is 1. The van der Waals surface area contributed by atoms with Crippen molar-refractivity contribution in [1.82, 2.24) is 19.7 Å². The van der Waals surface area contributed by atoms with Crippen molar-refractivity contribution in [2.45, 2.75) is 18.8 Å². The van der Waals surface area contributed by atoms with E-state index >= 15 is 0 Å². The summed E-state index contributed by atoms with van der Waals surface area (Å²) >= 11 is 0. The van der Waals surface area contributed by atoms with Gasteiger partial charge in [-0.25, -0.2) is 0 Å². The third-order valence-corrected chi connectivity index (χ3v) is 5.97. The average Bonchev–Trinajstić information content (AvgIpc) is 3.30.